The highest BCUT2D eigenvalue weighted by Gasteiger charge is 2.44. The number of carbonyl (C=O) groups excluding carboxylic acids is 2. The summed E-state index contributed by atoms with van der Waals surface area (Å²) in [4.78, 5) is 32.0. The van der Waals surface area contributed by atoms with Crippen molar-refractivity contribution in [2.75, 3.05) is 6.54 Å². The summed E-state index contributed by atoms with van der Waals surface area (Å²) < 4.78 is 7.61. The number of imidazole rings is 1. The average Bonchev–Trinajstić information content (AvgIpc) is 3.54. The minimum absolute atomic E-state index is 0.0348. The second kappa shape index (κ2) is 8.31. The van der Waals surface area contributed by atoms with Gasteiger partial charge in [-0.15, -0.1) is 0 Å². The molecule has 0 fully saturated rings. The van der Waals surface area contributed by atoms with Gasteiger partial charge in [-0.2, -0.15) is 0 Å². The molecular weight excluding hydrogens is 422 g/mol. The standard InChI is InChI=1S/C25H21N3O5/c29-18-8-6-16(7-9-18)22-21(23(30)20-14-17-4-1-2-5-19(17)33-20)24(31)25(32)28(22)12-3-11-27-13-10-26-15-27/h1-2,4-10,13-15,22,29,31H,3,11-12H2. The van der Waals surface area contributed by atoms with Crippen molar-refractivity contribution >= 4 is 22.7 Å². The normalized spacial score (nSPS) is 16.2. The second-order valence-corrected chi connectivity index (χ2v) is 7.89. The maximum atomic E-state index is 13.5. The highest BCUT2D eigenvalue weighted by atomic mass is 16.3. The number of aromatic nitrogens is 2. The lowest BCUT2D eigenvalue weighted by Crippen LogP contribution is -2.32. The smallest absolute Gasteiger partial charge is 0.290 e. The fraction of sp³-hybridized carbons (Fsp3) is 0.160. The Morgan fingerprint density at radius 1 is 1.06 bits per heavy atom. The molecule has 33 heavy (non-hydrogen) atoms. The number of furan rings is 1. The number of ketones is 1. The summed E-state index contributed by atoms with van der Waals surface area (Å²) in [5, 5.41) is 21.2. The summed E-state index contributed by atoms with van der Waals surface area (Å²) in [5.74, 6) is -1.63. The molecule has 0 aliphatic carbocycles. The number of phenolic OH excluding ortho intramolecular Hbond substituents is 1. The molecule has 8 nitrogen and oxygen atoms in total. The topological polar surface area (TPSA) is 109 Å². The number of amides is 1. The van der Waals surface area contributed by atoms with Crippen LogP contribution in [-0.4, -0.2) is 42.9 Å². The number of hydrogen-bond acceptors (Lipinski definition) is 6. The number of Topliss-reactive ketones (excluding diaryl/α,β-unsaturated/α-hetero) is 1. The van der Waals surface area contributed by atoms with Crippen LogP contribution in [0.1, 0.15) is 28.6 Å². The van der Waals surface area contributed by atoms with Gasteiger partial charge in [0.25, 0.3) is 5.91 Å². The Labute approximate surface area is 189 Å². The van der Waals surface area contributed by atoms with Crippen LogP contribution in [0.25, 0.3) is 11.0 Å². The molecule has 0 spiro atoms. The SMILES string of the molecule is O=C(C1=C(O)C(=O)N(CCCn2ccnc2)C1c1ccc(O)cc1)c1cc2ccccc2o1. The van der Waals surface area contributed by atoms with E-state index < -0.39 is 23.5 Å². The Morgan fingerprint density at radius 3 is 2.58 bits per heavy atom. The predicted octanol–water partition coefficient (Wildman–Crippen LogP) is 4.00. The lowest BCUT2D eigenvalue weighted by Gasteiger charge is -2.26. The molecule has 0 bridgehead atoms. The van der Waals surface area contributed by atoms with Crippen molar-refractivity contribution in [3.63, 3.8) is 0 Å². The molecule has 0 saturated carbocycles. The molecule has 8 heteroatoms. The summed E-state index contributed by atoms with van der Waals surface area (Å²) in [7, 11) is 0. The van der Waals surface area contributed by atoms with Crippen molar-refractivity contribution in [2.24, 2.45) is 0 Å². The van der Waals surface area contributed by atoms with Crippen molar-refractivity contribution in [2.45, 2.75) is 19.0 Å². The summed E-state index contributed by atoms with van der Waals surface area (Å²) in [6.45, 7) is 0.934. The summed E-state index contributed by atoms with van der Waals surface area (Å²) in [5.41, 5.74) is 1.11. The highest BCUT2D eigenvalue weighted by molar-refractivity contribution is 6.16. The molecule has 1 aliphatic rings. The summed E-state index contributed by atoms with van der Waals surface area (Å²) in [6, 6.07) is 14.3. The van der Waals surface area contributed by atoms with E-state index in [1.165, 1.54) is 17.0 Å². The van der Waals surface area contributed by atoms with E-state index in [4.69, 9.17) is 4.42 Å². The number of fused-ring (bicyclic) bond motifs is 1. The number of carbonyl (C=O) groups is 2. The van der Waals surface area contributed by atoms with Gasteiger partial charge in [-0.05, 0) is 36.2 Å². The number of aliphatic hydroxyl groups excluding tert-OH is 1. The van der Waals surface area contributed by atoms with Gasteiger partial charge in [0.2, 0.25) is 5.78 Å². The molecule has 166 valence electrons. The van der Waals surface area contributed by atoms with Gasteiger partial charge in [-0.3, -0.25) is 9.59 Å². The van der Waals surface area contributed by atoms with Gasteiger partial charge in [-0.25, -0.2) is 4.98 Å². The molecule has 0 saturated heterocycles. The van der Waals surface area contributed by atoms with E-state index in [0.29, 0.717) is 30.7 Å². The van der Waals surface area contributed by atoms with E-state index in [0.717, 1.165) is 5.39 Å². The van der Waals surface area contributed by atoms with E-state index in [1.807, 2.05) is 22.9 Å². The second-order valence-electron chi connectivity index (χ2n) is 7.89. The number of para-hydroxylation sites is 1. The van der Waals surface area contributed by atoms with Gasteiger partial charge in [0.15, 0.2) is 11.5 Å². The molecule has 0 radical (unpaired) electrons. The molecule has 2 aromatic heterocycles. The molecule has 4 aromatic rings. The fourth-order valence-corrected chi connectivity index (χ4v) is 4.19. The zero-order valence-corrected chi connectivity index (χ0v) is 17.6. The first-order valence-electron chi connectivity index (χ1n) is 10.5. The third kappa shape index (κ3) is 3.76. The number of aliphatic hydroxyl groups is 1. The van der Waals surface area contributed by atoms with Crippen molar-refractivity contribution in [1.29, 1.82) is 0 Å². The van der Waals surface area contributed by atoms with Crippen molar-refractivity contribution in [3.05, 3.63) is 96.0 Å². The van der Waals surface area contributed by atoms with Gasteiger partial charge >= 0.3 is 0 Å². The Hall–Kier alpha value is -4.33. The Kier molecular flexibility index (Phi) is 5.18. The minimum atomic E-state index is -0.804. The van der Waals surface area contributed by atoms with E-state index in [1.54, 1.807) is 42.9 Å². The Morgan fingerprint density at radius 2 is 1.85 bits per heavy atom. The first kappa shape index (κ1) is 20.6. The number of nitrogens with zero attached hydrogens (tertiary/aromatic N) is 3. The van der Waals surface area contributed by atoms with E-state index >= 15 is 0 Å². The molecule has 1 atom stereocenters. The molecule has 1 unspecified atom stereocenters. The van der Waals surface area contributed by atoms with Crippen LogP contribution in [0.4, 0.5) is 0 Å². The molecule has 3 heterocycles. The van der Waals surface area contributed by atoms with Crippen LogP contribution >= 0.6 is 0 Å². The van der Waals surface area contributed by atoms with Crippen molar-refractivity contribution in [1.82, 2.24) is 14.5 Å². The number of phenols is 1. The molecule has 1 amide bonds. The van der Waals surface area contributed by atoms with Crippen LogP contribution in [0.3, 0.4) is 0 Å². The van der Waals surface area contributed by atoms with E-state index in [2.05, 4.69) is 4.98 Å². The van der Waals surface area contributed by atoms with Crippen LogP contribution in [0, 0.1) is 0 Å². The van der Waals surface area contributed by atoms with Gasteiger partial charge < -0.3 is 24.1 Å². The van der Waals surface area contributed by atoms with Gasteiger partial charge in [0.1, 0.15) is 11.3 Å². The number of hydrogen-bond donors (Lipinski definition) is 2. The number of aromatic hydroxyl groups is 1. The third-order valence-electron chi connectivity index (χ3n) is 5.78. The largest absolute Gasteiger partial charge is 0.508 e. The quantitative estimate of drug-likeness (QED) is 0.418. The summed E-state index contributed by atoms with van der Waals surface area (Å²) in [6.07, 6.45) is 5.79. The molecule has 5 rings (SSSR count). The molecule has 2 N–H and O–H groups in total. The van der Waals surface area contributed by atoms with E-state index in [9.17, 15) is 19.8 Å². The van der Waals surface area contributed by atoms with E-state index in [-0.39, 0.29) is 17.1 Å². The first-order chi connectivity index (χ1) is 16.0. The summed E-state index contributed by atoms with van der Waals surface area (Å²) >= 11 is 0. The van der Waals surface area contributed by atoms with Gasteiger partial charge in [-0.1, -0.05) is 30.3 Å². The van der Waals surface area contributed by atoms with Crippen LogP contribution in [0.5, 0.6) is 5.75 Å². The van der Waals surface area contributed by atoms with Gasteiger partial charge in [0.05, 0.1) is 17.9 Å². The van der Waals surface area contributed by atoms with Crippen molar-refractivity contribution in [3.8, 4) is 5.75 Å². The predicted molar refractivity (Wildman–Crippen MR) is 120 cm³/mol. The van der Waals surface area contributed by atoms with Crippen molar-refractivity contribution < 1.29 is 24.2 Å². The van der Waals surface area contributed by atoms with Crippen LogP contribution < -0.4 is 0 Å². The zero-order valence-electron chi connectivity index (χ0n) is 17.6. The third-order valence-corrected chi connectivity index (χ3v) is 5.78. The monoisotopic (exact) mass is 443 g/mol. The maximum absolute atomic E-state index is 13.5. The molecule has 2 aromatic carbocycles. The zero-order chi connectivity index (χ0) is 22.9. The molecule has 1 aliphatic heterocycles. The first-order valence-corrected chi connectivity index (χ1v) is 10.5. The minimum Gasteiger partial charge on any atom is -0.508 e. The molecular formula is C25H21N3O5. The van der Waals surface area contributed by atoms with Crippen LogP contribution in [0.15, 0.2) is 89.1 Å². The Bertz CT molecular complexity index is 1320. The lowest BCUT2D eigenvalue weighted by molar-refractivity contribution is -0.129. The Balaban J connectivity index is 1.50. The fourth-order valence-electron chi connectivity index (χ4n) is 4.19. The maximum Gasteiger partial charge on any atom is 0.290 e. The van der Waals surface area contributed by atoms with Crippen LogP contribution in [0.2, 0.25) is 0 Å². The number of benzene rings is 2. The van der Waals surface area contributed by atoms with Gasteiger partial charge in [0, 0.05) is 30.9 Å². The lowest BCUT2D eigenvalue weighted by atomic mass is 9.95. The number of rotatable bonds is 7. The number of aryl methyl sites for hydroxylation is 1. The van der Waals surface area contributed by atoms with Crippen LogP contribution in [-0.2, 0) is 11.3 Å². The highest BCUT2D eigenvalue weighted by Crippen LogP contribution is 2.40. The average molecular weight is 443 g/mol.